The van der Waals surface area contributed by atoms with Crippen LogP contribution in [0, 0.1) is 5.82 Å². The molecule has 2 aromatic rings. The van der Waals surface area contributed by atoms with Crippen LogP contribution in [0.4, 0.5) is 15.8 Å². The topological polar surface area (TPSA) is 47.3 Å². The average molecular weight is 274 g/mol. The highest BCUT2D eigenvalue weighted by Gasteiger charge is 2.07. The van der Waals surface area contributed by atoms with Gasteiger partial charge in [-0.1, -0.05) is 18.2 Å². The highest BCUT2D eigenvalue weighted by molar-refractivity contribution is 5.72. The van der Waals surface area contributed by atoms with Gasteiger partial charge in [-0.15, -0.1) is 0 Å². The third kappa shape index (κ3) is 3.63. The Bertz CT molecular complexity index is 584. The Labute approximate surface area is 118 Å². The van der Waals surface area contributed by atoms with Gasteiger partial charge in [-0.3, -0.25) is 0 Å². The molecular weight excluding hydrogens is 255 g/mol. The van der Waals surface area contributed by atoms with Crippen molar-refractivity contribution >= 4 is 11.4 Å². The van der Waals surface area contributed by atoms with Gasteiger partial charge in [0.05, 0.1) is 17.5 Å². The molecule has 20 heavy (non-hydrogen) atoms. The number of halogens is 1. The largest absolute Gasteiger partial charge is 0.489 e. The first kappa shape index (κ1) is 14.2. The molecule has 0 saturated carbocycles. The van der Waals surface area contributed by atoms with Crippen LogP contribution in [0.5, 0.6) is 5.75 Å². The minimum absolute atomic E-state index is 0.0655. The van der Waals surface area contributed by atoms with E-state index in [1.165, 1.54) is 12.1 Å². The van der Waals surface area contributed by atoms with Gasteiger partial charge in [-0.05, 0) is 43.7 Å². The summed E-state index contributed by atoms with van der Waals surface area (Å²) in [7, 11) is 0. The number of rotatable bonds is 5. The van der Waals surface area contributed by atoms with Crippen molar-refractivity contribution in [2.75, 3.05) is 11.1 Å². The fraction of sp³-hybridized carbons (Fsp3) is 0.250. The second-order valence-electron chi connectivity index (χ2n) is 4.87. The summed E-state index contributed by atoms with van der Waals surface area (Å²) < 4.78 is 18.7. The Hall–Kier alpha value is -2.23. The maximum Gasteiger partial charge on any atom is 0.144 e. The van der Waals surface area contributed by atoms with Crippen molar-refractivity contribution in [3.8, 4) is 5.75 Å². The molecule has 2 rings (SSSR count). The minimum atomic E-state index is -0.242. The second-order valence-corrected chi connectivity index (χ2v) is 4.87. The van der Waals surface area contributed by atoms with E-state index in [4.69, 9.17) is 10.5 Å². The molecule has 0 spiro atoms. The van der Waals surface area contributed by atoms with E-state index in [9.17, 15) is 4.39 Å². The van der Waals surface area contributed by atoms with E-state index in [2.05, 4.69) is 5.32 Å². The summed E-state index contributed by atoms with van der Waals surface area (Å²) in [4.78, 5) is 0. The molecule has 0 aliphatic rings. The number of ether oxygens (including phenoxy) is 1. The van der Waals surface area contributed by atoms with Gasteiger partial charge in [0.1, 0.15) is 11.6 Å². The molecule has 0 radical (unpaired) electrons. The number of hydrogen-bond donors (Lipinski definition) is 2. The van der Waals surface area contributed by atoms with Crippen molar-refractivity contribution < 1.29 is 9.13 Å². The fourth-order valence-corrected chi connectivity index (χ4v) is 1.90. The van der Waals surface area contributed by atoms with E-state index in [0.29, 0.717) is 18.0 Å². The van der Waals surface area contributed by atoms with Gasteiger partial charge in [-0.25, -0.2) is 4.39 Å². The van der Waals surface area contributed by atoms with Crippen LogP contribution in [0.2, 0.25) is 0 Å². The van der Waals surface area contributed by atoms with Crippen LogP contribution < -0.4 is 15.8 Å². The smallest absolute Gasteiger partial charge is 0.144 e. The van der Waals surface area contributed by atoms with Crippen molar-refractivity contribution in [2.24, 2.45) is 0 Å². The Kier molecular flexibility index (Phi) is 4.45. The third-order valence-corrected chi connectivity index (χ3v) is 2.80. The zero-order valence-corrected chi connectivity index (χ0v) is 11.7. The van der Waals surface area contributed by atoms with Gasteiger partial charge in [0.15, 0.2) is 0 Å². The molecule has 0 saturated heterocycles. The highest BCUT2D eigenvalue weighted by Crippen LogP contribution is 2.30. The molecule has 4 heteroatoms. The Morgan fingerprint density at radius 1 is 1.20 bits per heavy atom. The van der Waals surface area contributed by atoms with E-state index in [-0.39, 0.29) is 11.9 Å². The summed E-state index contributed by atoms with van der Waals surface area (Å²) in [5, 5.41) is 3.20. The van der Waals surface area contributed by atoms with Crippen LogP contribution in [0.3, 0.4) is 0 Å². The van der Waals surface area contributed by atoms with Gasteiger partial charge in [0.2, 0.25) is 0 Å². The summed E-state index contributed by atoms with van der Waals surface area (Å²) in [6, 6.07) is 12.1. The van der Waals surface area contributed by atoms with E-state index < -0.39 is 0 Å². The van der Waals surface area contributed by atoms with Crippen LogP contribution in [-0.2, 0) is 6.54 Å². The lowest BCUT2D eigenvalue weighted by Crippen LogP contribution is -2.09. The van der Waals surface area contributed by atoms with Crippen LogP contribution in [-0.4, -0.2) is 6.10 Å². The summed E-state index contributed by atoms with van der Waals surface area (Å²) in [5.74, 6) is 0.415. The predicted octanol–water partition coefficient (Wildman–Crippen LogP) is 3.81. The van der Waals surface area contributed by atoms with Crippen molar-refractivity contribution in [3.63, 3.8) is 0 Å². The van der Waals surface area contributed by atoms with Crippen molar-refractivity contribution in [1.82, 2.24) is 0 Å². The maximum absolute atomic E-state index is 13.1. The standard InChI is InChI=1S/C16H19FN2O/c1-11(2)20-15-8-4-7-14(16(15)18)19-10-12-5-3-6-13(17)9-12/h3-9,11,19H,10,18H2,1-2H3. The SMILES string of the molecule is CC(C)Oc1cccc(NCc2cccc(F)c2)c1N. The third-order valence-electron chi connectivity index (χ3n) is 2.80. The molecule has 0 aromatic heterocycles. The zero-order chi connectivity index (χ0) is 14.5. The molecule has 3 nitrogen and oxygen atoms in total. The monoisotopic (exact) mass is 274 g/mol. The van der Waals surface area contributed by atoms with E-state index in [0.717, 1.165) is 11.3 Å². The maximum atomic E-state index is 13.1. The molecule has 0 amide bonds. The predicted molar refractivity (Wildman–Crippen MR) is 80.3 cm³/mol. The van der Waals surface area contributed by atoms with Crippen molar-refractivity contribution in [2.45, 2.75) is 26.5 Å². The molecule has 0 aliphatic heterocycles. The molecule has 0 bridgehead atoms. The van der Waals surface area contributed by atoms with Crippen LogP contribution in [0.15, 0.2) is 42.5 Å². The first-order valence-electron chi connectivity index (χ1n) is 6.59. The minimum Gasteiger partial charge on any atom is -0.489 e. The molecular formula is C16H19FN2O. The van der Waals surface area contributed by atoms with E-state index in [1.807, 2.05) is 38.1 Å². The second kappa shape index (κ2) is 6.28. The number of nitrogens with two attached hydrogens (primary N) is 1. The van der Waals surface area contributed by atoms with Gasteiger partial charge in [0, 0.05) is 6.54 Å². The van der Waals surface area contributed by atoms with E-state index >= 15 is 0 Å². The van der Waals surface area contributed by atoms with Gasteiger partial charge in [-0.2, -0.15) is 0 Å². The number of hydrogen-bond acceptors (Lipinski definition) is 3. The number of nitrogens with one attached hydrogen (secondary N) is 1. The first-order chi connectivity index (χ1) is 9.56. The molecule has 2 aromatic carbocycles. The zero-order valence-electron chi connectivity index (χ0n) is 11.7. The Morgan fingerprint density at radius 2 is 1.95 bits per heavy atom. The van der Waals surface area contributed by atoms with E-state index in [1.54, 1.807) is 6.07 Å². The van der Waals surface area contributed by atoms with Gasteiger partial charge in [0.25, 0.3) is 0 Å². The normalized spacial score (nSPS) is 10.6. The van der Waals surface area contributed by atoms with Crippen LogP contribution >= 0.6 is 0 Å². The Morgan fingerprint density at radius 3 is 2.65 bits per heavy atom. The molecule has 0 heterocycles. The molecule has 0 unspecified atom stereocenters. The number of nitrogen functional groups attached to an aromatic ring is 1. The average Bonchev–Trinajstić information content (AvgIpc) is 2.39. The number of para-hydroxylation sites is 1. The molecule has 0 atom stereocenters. The first-order valence-corrected chi connectivity index (χ1v) is 6.59. The summed E-state index contributed by atoms with van der Waals surface area (Å²) in [5.41, 5.74) is 8.28. The lowest BCUT2D eigenvalue weighted by Gasteiger charge is -2.15. The van der Waals surface area contributed by atoms with Gasteiger partial charge < -0.3 is 15.8 Å². The molecule has 0 aliphatic carbocycles. The lowest BCUT2D eigenvalue weighted by molar-refractivity contribution is 0.244. The Balaban J connectivity index is 2.10. The van der Waals surface area contributed by atoms with Crippen molar-refractivity contribution in [3.05, 3.63) is 53.8 Å². The van der Waals surface area contributed by atoms with Crippen LogP contribution in [0.25, 0.3) is 0 Å². The fourth-order valence-electron chi connectivity index (χ4n) is 1.90. The lowest BCUT2D eigenvalue weighted by atomic mass is 10.2. The van der Waals surface area contributed by atoms with Crippen molar-refractivity contribution in [1.29, 1.82) is 0 Å². The number of benzene rings is 2. The summed E-state index contributed by atoms with van der Waals surface area (Å²) in [6.45, 7) is 4.41. The van der Waals surface area contributed by atoms with Gasteiger partial charge >= 0.3 is 0 Å². The quantitative estimate of drug-likeness (QED) is 0.815. The summed E-state index contributed by atoms with van der Waals surface area (Å²) in [6.07, 6.45) is 0.0655. The summed E-state index contributed by atoms with van der Waals surface area (Å²) >= 11 is 0. The highest BCUT2D eigenvalue weighted by atomic mass is 19.1. The van der Waals surface area contributed by atoms with Crippen LogP contribution in [0.1, 0.15) is 19.4 Å². The number of anilines is 2. The molecule has 3 N–H and O–H groups in total. The molecule has 0 fully saturated rings. The molecule has 106 valence electrons.